The van der Waals surface area contributed by atoms with Crippen LogP contribution >= 0.6 is 11.3 Å². The van der Waals surface area contributed by atoms with Crippen LogP contribution in [0.1, 0.15) is 44.8 Å². The van der Waals surface area contributed by atoms with Crippen LogP contribution in [-0.4, -0.2) is 35.4 Å². The van der Waals surface area contributed by atoms with Gasteiger partial charge in [-0.05, 0) is 50.5 Å². The highest BCUT2D eigenvalue weighted by molar-refractivity contribution is 7.89. The van der Waals surface area contributed by atoms with E-state index in [-0.39, 0.29) is 15.6 Å². The zero-order valence-corrected chi connectivity index (χ0v) is 18.6. The van der Waals surface area contributed by atoms with Crippen molar-refractivity contribution in [1.29, 1.82) is 0 Å². The number of nitrogens with zero attached hydrogens (tertiary/aromatic N) is 3. The first kappa shape index (κ1) is 21.5. The van der Waals surface area contributed by atoms with Crippen molar-refractivity contribution in [3.63, 3.8) is 0 Å². The van der Waals surface area contributed by atoms with Gasteiger partial charge in [0, 0.05) is 6.54 Å². The number of rotatable bonds is 5. The zero-order chi connectivity index (χ0) is 22.2. The SMILES string of the molecule is Cc1ccc(S(=O)(=O)N2CCC[C@@H]2c2nnc(C(=O)Nc3ccccc3F)s2)c(C)c1. The van der Waals surface area contributed by atoms with E-state index in [0.29, 0.717) is 30.0 Å². The Hall–Kier alpha value is -2.69. The average Bonchev–Trinajstić information content (AvgIpc) is 3.39. The third kappa shape index (κ3) is 4.23. The van der Waals surface area contributed by atoms with E-state index in [1.807, 2.05) is 13.0 Å². The molecule has 1 aliphatic rings. The monoisotopic (exact) mass is 460 g/mol. The molecule has 162 valence electrons. The number of hydrogen-bond acceptors (Lipinski definition) is 6. The fourth-order valence-corrected chi connectivity index (χ4v) is 6.51. The van der Waals surface area contributed by atoms with Gasteiger partial charge in [0.15, 0.2) is 0 Å². The van der Waals surface area contributed by atoms with E-state index in [1.165, 1.54) is 22.5 Å². The van der Waals surface area contributed by atoms with Crippen LogP contribution in [-0.2, 0) is 10.0 Å². The standard InChI is InChI=1S/C21H21FN4O3S2/c1-13-9-10-18(14(2)12-13)31(28,29)26-11-5-8-17(26)20-24-25-21(30-20)19(27)23-16-7-4-3-6-15(16)22/h3-4,6-7,9-10,12,17H,5,8,11H2,1-2H3,(H,23,27)/t17-/m1/s1. The van der Waals surface area contributed by atoms with E-state index in [0.717, 1.165) is 16.9 Å². The molecule has 0 spiro atoms. The van der Waals surface area contributed by atoms with Gasteiger partial charge in [-0.3, -0.25) is 4.79 Å². The van der Waals surface area contributed by atoms with E-state index in [2.05, 4.69) is 15.5 Å². The van der Waals surface area contributed by atoms with Crippen molar-refractivity contribution < 1.29 is 17.6 Å². The average molecular weight is 461 g/mol. The van der Waals surface area contributed by atoms with Gasteiger partial charge >= 0.3 is 0 Å². The van der Waals surface area contributed by atoms with Gasteiger partial charge in [-0.2, -0.15) is 4.31 Å². The molecule has 1 saturated heterocycles. The normalized spacial score (nSPS) is 17.1. The Balaban J connectivity index is 1.58. The van der Waals surface area contributed by atoms with Gasteiger partial charge in [0.25, 0.3) is 5.91 Å². The molecule has 1 aromatic heterocycles. The molecular weight excluding hydrogens is 439 g/mol. The summed E-state index contributed by atoms with van der Waals surface area (Å²) in [5.41, 5.74) is 1.72. The number of nitrogens with one attached hydrogen (secondary N) is 1. The second kappa shape index (κ2) is 8.45. The Morgan fingerprint density at radius 2 is 1.97 bits per heavy atom. The van der Waals surface area contributed by atoms with Gasteiger partial charge < -0.3 is 5.32 Å². The number of aryl methyl sites for hydroxylation is 2. The summed E-state index contributed by atoms with van der Waals surface area (Å²) in [6.45, 7) is 4.06. The lowest BCUT2D eigenvalue weighted by molar-refractivity contribution is 0.102. The van der Waals surface area contributed by atoms with Crippen LogP contribution in [0.25, 0.3) is 0 Å². The molecule has 3 aromatic rings. The number of amides is 1. The number of hydrogen-bond donors (Lipinski definition) is 1. The van der Waals surface area contributed by atoms with Crippen molar-refractivity contribution in [3.8, 4) is 0 Å². The summed E-state index contributed by atoms with van der Waals surface area (Å²) in [5, 5.41) is 11.0. The van der Waals surface area contributed by atoms with Crippen LogP contribution in [0.5, 0.6) is 0 Å². The summed E-state index contributed by atoms with van der Waals surface area (Å²) < 4.78 is 41.9. The van der Waals surface area contributed by atoms with Crippen LogP contribution in [0.3, 0.4) is 0 Å². The predicted molar refractivity (Wildman–Crippen MR) is 116 cm³/mol. The number of halogens is 1. The second-order valence-corrected chi connectivity index (χ2v) is 10.3. The summed E-state index contributed by atoms with van der Waals surface area (Å²) in [5.74, 6) is -1.14. The summed E-state index contributed by atoms with van der Waals surface area (Å²) in [6, 6.07) is 10.6. The Bertz CT molecular complexity index is 1240. The first-order valence-electron chi connectivity index (χ1n) is 9.76. The van der Waals surface area contributed by atoms with Gasteiger partial charge in [0.2, 0.25) is 15.0 Å². The van der Waals surface area contributed by atoms with Gasteiger partial charge in [-0.25, -0.2) is 12.8 Å². The van der Waals surface area contributed by atoms with Gasteiger partial charge in [0.05, 0.1) is 16.6 Å². The minimum absolute atomic E-state index is 0.0455. The van der Waals surface area contributed by atoms with E-state index < -0.39 is 27.8 Å². The van der Waals surface area contributed by atoms with E-state index >= 15 is 0 Å². The lowest BCUT2D eigenvalue weighted by Gasteiger charge is -2.23. The van der Waals surface area contributed by atoms with Gasteiger partial charge in [-0.15, -0.1) is 10.2 Å². The highest BCUT2D eigenvalue weighted by Gasteiger charge is 2.39. The molecule has 1 N–H and O–H groups in total. The third-order valence-corrected chi connectivity index (χ3v) is 8.25. The summed E-state index contributed by atoms with van der Waals surface area (Å²) in [6.07, 6.45) is 1.28. The molecular formula is C21H21FN4O3S2. The molecule has 10 heteroatoms. The van der Waals surface area contributed by atoms with Crippen LogP contribution < -0.4 is 5.32 Å². The molecule has 31 heavy (non-hydrogen) atoms. The Morgan fingerprint density at radius 3 is 2.71 bits per heavy atom. The summed E-state index contributed by atoms with van der Waals surface area (Å²) in [4.78, 5) is 12.7. The number of para-hydroxylation sites is 1. The molecule has 4 rings (SSSR count). The smallest absolute Gasteiger partial charge is 0.286 e. The molecule has 1 atom stereocenters. The van der Waals surface area contributed by atoms with E-state index in [4.69, 9.17) is 0 Å². The fraction of sp³-hybridized carbons (Fsp3) is 0.286. The molecule has 0 saturated carbocycles. The van der Waals surface area contributed by atoms with Crippen molar-refractivity contribution >= 4 is 33.0 Å². The van der Waals surface area contributed by atoms with Crippen molar-refractivity contribution in [1.82, 2.24) is 14.5 Å². The topological polar surface area (TPSA) is 92.3 Å². The molecule has 0 radical (unpaired) electrons. The number of sulfonamides is 1. The van der Waals surface area contributed by atoms with Crippen LogP contribution in [0.2, 0.25) is 0 Å². The number of benzene rings is 2. The highest BCUT2D eigenvalue weighted by atomic mass is 32.2. The number of aromatic nitrogens is 2. The van der Waals surface area contributed by atoms with Crippen molar-refractivity contribution in [2.45, 2.75) is 37.6 Å². The molecule has 0 unspecified atom stereocenters. The third-order valence-electron chi connectivity index (χ3n) is 5.16. The summed E-state index contributed by atoms with van der Waals surface area (Å²) >= 11 is 1.02. The van der Waals surface area contributed by atoms with Crippen LogP contribution in [0, 0.1) is 19.7 Å². The predicted octanol–water partition coefficient (Wildman–Crippen LogP) is 4.07. The van der Waals surface area contributed by atoms with Gasteiger partial charge in [-0.1, -0.05) is 41.2 Å². The molecule has 1 amide bonds. The summed E-state index contributed by atoms with van der Waals surface area (Å²) in [7, 11) is -3.73. The van der Waals surface area contributed by atoms with E-state index in [1.54, 1.807) is 25.1 Å². The molecule has 1 fully saturated rings. The van der Waals surface area contributed by atoms with Crippen molar-refractivity contribution in [3.05, 3.63) is 69.4 Å². The second-order valence-electron chi connectivity index (χ2n) is 7.42. The van der Waals surface area contributed by atoms with Crippen LogP contribution in [0.4, 0.5) is 10.1 Å². The Kier molecular flexibility index (Phi) is 5.87. The maximum absolute atomic E-state index is 13.8. The lowest BCUT2D eigenvalue weighted by Crippen LogP contribution is -2.31. The molecule has 0 bridgehead atoms. The highest BCUT2D eigenvalue weighted by Crippen LogP contribution is 2.38. The van der Waals surface area contributed by atoms with Gasteiger partial charge in [0.1, 0.15) is 10.8 Å². The number of carbonyl (C=O) groups excluding carboxylic acids is 1. The number of carbonyl (C=O) groups is 1. The minimum atomic E-state index is -3.73. The maximum atomic E-state index is 13.8. The maximum Gasteiger partial charge on any atom is 0.286 e. The molecule has 1 aliphatic heterocycles. The molecule has 2 aromatic carbocycles. The quantitative estimate of drug-likeness (QED) is 0.620. The van der Waals surface area contributed by atoms with Crippen molar-refractivity contribution in [2.75, 3.05) is 11.9 Å². The first-order valence-corrected chi connectivity index (χ1v) is 12.0. The minimum Gasteiger partial charge on any atom is -0.317 e. The number of anilines is 1. The van der Waals surface area contributed by atoms with Crippen molar-refractivity contribution in [2.24, 2.45) is 0 Å². The largest absolute Gasteiger partial charge is 0.317 e. The Labute approximate surface area is 184 Å². The first-order chi connectivity index (χ1) is 14.8. The Morgan fingerprint density at radius 1 is 1.19 bits per heavy atom. The lowest BCUT2D eigenvalue weighted by atomic mass is 10.2. The molecule has 7 nitrogen and oxygen atoms in total. The van der Waals surface area contributed by atoms with E-state index in [9.17, 15) is 17.6 Å². The van der Waals surface area contributed by atoms with Crippen LogP contribution in [0.15, 0.2) is 47.4 Å². The molecule has 0 aliphatic carbocycles. The zero-order valence-electron chi connectivity index (χ0n) is 17.0. The fourth-order valence-electron chi connectivity index (χ4n) is 3.69. The molecule has 2 heterocycles.